The third-order valence-corrected chi connectivity index (χ3v) is 1.93. The molecule has 0 saturated carbocycles. The van der Waals surface area contributed by atoms with Crippen LogP contribution in [0.3, 0.4) is 0 Å². The van der Waals surface area contributed by atoms with Gasteiger partial charge in [-0.1, -0.05) is 26.8 Å². The fourth-order valence-corrected chi connectivity index (χ4v) is 1.13. The zero-order chi connectivity index (χ0) is 11.5. The Hall–Kier alpha value is -1.51. The second kappa shape index (κ2) is 4.34. The molecule has 0 spiro atoms. The van der Waals surface area contributed by atoms with Gasteiger partial charge >= 0.3 is 5.97 Å². The molecule has 0 radical (unpaired) electrons. The summed E-state index contributed by atoms with van der Waals surface area (Å²) < 4.78 is 0. The van der Waals surface area contributed by atoms with Crippen LogP contribution in [0.25, 0.3) is 0 Å². The van der Waals surface area contributed by atoms with E-state index in [1.807, 2.05) is 6.07 Å². The number of anilines is 1. The van der Waals surface area contributed by atoms with Crippen molar-refractivity contribution in [1.29, 1.82) is 0 Å². The quantitative estimate of drug-likeness (QED) is 0.801. The van der Waals surface area contributed by atoms with E-state index in [9.17, 15) is 4.79 Å². The zero-order valence-corrected chi connectivity index (χ0v) is 9.37. The van der Waals surface area contributed by atoms with Crippen molar-refractivity contribution in [3.05, 3.63) is 29.8 Å². The van der Waals surface area contributed by atoms with Gasteiger partial charge in [-0.05, 0) is 23.6 Å². The first kappa shape index (κ1) is 11.6. The van der Waals surface area contributed by atoms with Crippen LogP contribution < -0.4 is 5.32 Å². The summed E-state index contributed by atoms with van der Waals surface area (Å²) in [6.45, 7) is 7.19. The monoisotopic (exact) mass is 207 g/mol. The number of hydrogen-bond acceptors (Lipinski definition) is 2. The lowest BCUT2D eigenvalue weighted by Crippen LogP contribution is -2.19. The van der Waals surface area contributed by atoms with Gasteiger partial charge in [0, 0.05) is 12.2 Å². The molecule has 1 aromatic rings. The minimum Gasteiger partial charge on any atom is -0.478 e. The Morgan fingerprint density at radius 3 is 2.60 bits per heavy atom. The summed E-state index contributed by atoms with van der Waals surface area (Å²) in [5.41, 5.74) is 1.35. The van der Waals surface area contributed by atoms with E-state index in [0.717, 1.165) is 12.2 Å². The SMILES string of the molecule is CC(C)(C)CNc1cccc(C(=O)O)c1. The van der Waals surface area contributed by atoms with E-state index < -0.39 is 5.97 Å². The number of carboxylic acid groups (broad SMARTS) is 1. The van der Waals surface area contributed by atoms with Crippen LogP contribution in [0.4, 0.5) is 5.69 Å². The Labute approximate surface area is 90.1 Å². The first-order valence-corrected chi connectivity index (χ1v) is 4.96. The Kier molecular flexibility index (Phi) is 3.35. The Morgan fingerprint density at radius 2 is 2.07 bits per heavy atom. The van der Waals surface area contributed by atoms with Crippen molar-refractivity contribution in [1.82, 2.24) is 0 Å². The summed E-state index contributed by atoms with van der Waals surface area (Å²) in [5, 5.41) is 12.0. The molecule has 0 heterocycles. The van der Waals surface area contributed by atoms with E-state index in [0.29, 0.717) is 5.56 Å². The van der Waals surface area contributed by atoms with Crippen molar-refractivity contribution in [2.24, 2.45) is 5.41 Å². The topological polar surface area (TPSA) is 49.3 Å². The second-order valence-electron chi connectivity index (χ2n) is 4.80. The molecule has 1 rings (SSSR count). The highest BCUT2D eigenvalue weighted by Crippen LogP contribution is 2.16. The summed E-state index contributed by atoms with van der Waals surface area (Å²) in [5.74, 6) is -0.894. The van der Waals surface area contributed by atoms with Gasteiger partial charge in [0.2, 0.25) is 0 Å². The molecule has 3 heteroatoms. The average Bonchev–Trinajstić information content (AvgIpc) is 2.14. The number of nitrogens with one attached hydrogen (secondary N) is 1. The molecule has 15 heavy (non-hydrogen) atoms. The van der Waals surface area contributed by atoms with Crippen LogP contribution in [0.15, 0.2) is 24.3 Å². The van der Waals surface area contributed by atoms with E-state index in [-0.39, 0.29) is 5.41 Å². The number of carboxylic acids is 1. The lowest BCUT2D eigenvalue weighted by molar-refractivity contribution is 0.0697. The van der Waals surface area contributed by atoms with Gasteiger partial charge in [-0.15, -0.1) is 0 Å². The molecule has 0 aliphatic carbocycles. The predicted molar refractivity (Wildman–Crippen MR) is 61.3 cm³/mol. The number of aromatic carboxylic acids is 1. The van der Waals surface area contributed by atoms with Gasteiger partial charge in [0.1, 0.15) is 0 Å². The third-order valence-electron chi connectivity index (χ3n) is 1.93. The fraction of sp³-hybridized carbons (Fsp3) is 0.417. The molecular formula is C12H17NO2. The molecule has 0 saturated heterocycles. The number of rotatable bonds is 3. The molecule has 1 aromatic carbocycles. The van der Waals surface area contributed by atoms with Gasteiger partial charge in [-0.2, -0.15) is 0 Å². The highest BCUT2D eigenvalue weighted by atomic mass is 16.4. The van der Waals surface area contributed by atoms with Crippen molar-refractivity contribution in [2.75, 3.05) is 11.9 Å². The van der Waals surface area contributed by atoms with Gasteiger partial charge in [0.15, 0.2) is 0 Å². The van der Waals surface area contributed by atoms with Crippen molar-refractivity contribution in [2.45, 2.75) is 20.8 Å². The van der Waals surface area contributed by atoms with Crippen molar-refractivity contribution in [3.63, 3.8) is 0 Å². The van der Waals surface area contributed by atoms with Crippen molar-refractivity contribution in [3.8, 4) is 0 Å². The molecule has 0 amide bonds. The number of benzene rings is 1. The van der Waals surface area contributed by atoms with Crippen LogP contribution in [0, 0.1) is 5.41 Å². The smallest absolute Gasteiger partial charge is 0.335 e. The second-order valence-corrected chi connectivity index (χ2v) is 4.80. The van der Waals surface area contributed by atoms with E-state index in [1.165, 1.54) is 0 Å². The Morgan fingerprint density at radius 1 is 1.40 bits per heavy atom. The van der Waals surface area contributed by atoms with E-state index >= 15 is 0 Å². The Balaban J connectivity index is 2.70. The van der Waals surface area contributed by atoms with Gasteiger partial charge in [0.25, 0.3) is 0 Å². The molecule has 0 fully saturated rings. The fourth-order valence-electron chi connectivity index (χ4n) is 1.13. The maximum Gasteiger partial charge on any atom is 0.335 e. The first-order valence-electron chi connectivity index (χ1n) is 4.96. The summed E-state index contributed by atoms with van der Waals surface area (Å²) in [6, 6.07) is 6.85. The maximum absolute atomic E-state index is 10.7. The summed E-state index contributed by atoms with van der Waals surface area (Å²) in [6.07, 6.45) is 0. The maximum atomic E-state index is 10.7. The molecule has 82 valence electrons. The molecule has 0 aliphatic heterocycles. The minimum absolute atomic E-state index is 0.180. The molecule has 0 unspecified atom stereocenters. The van der Waals surface area contributed by atoms with Crippen molar-refractivity contribution < 1.29 is 9.90 Å². The van der Waals surface area contributed by atoms with E-state index in [4.69, 9.17) is 5.11 Å². The highest BCUT2D eigenvalue weighted by Gasteiger charge is 2.10. The normalized spacial score (nSPS) is 11.1. The van der Waals surface area contributed by atoms with Crippen LogP contribution in [0.2, 0.25) is 0 Å². The minimum atomic E-state index is -0.894. The lowest BCUT2D eigenvalue weighted by atomic mass is 9.97. The van der Waals surface area contributed by atoms with E-state index in [1.54, 1.807) is 18.2 Å². The van der Waals surface area contributed by atoms with Crippen molar-refractivity contribution >= 4 is 11.7 Å². The lowest BCUT2D eigenvalue weighted by Gasteiger charge is -2.19. The van der Waals surface area contributed by atoms with Gasteiger partial charge in [0.05, 0.1) is 5.56 Å². The largest absolute Gasteiger partial charge is 0.478 e. The molecule has 0 bridgehead atoms. The standard InChI is InChI=1S/C12H17NO2/c1-12(2,3)8-13-10-6-4-5-9(7-10)11(14)15/h4-7,13H,8H2,1-3H3,(H,14,15). The van der Waals surface area contributed by atoms with Crippen LogP contribution >= 0.6 is 0 Å². The van der Waals surface area contributed by atoms with Crippen LogP contribution in [0.5, 0.6) is 0 Å². The van der Waals surface area contributed by atoms with Crippen LogP contribution in [-0.4, -0.2) is 17.6 Å². The molecular weight excluding hydrogens is 190 g/mol. The highest BCUT2D eigenvalue weighted by molar-refractivity contribution is 5.88. The molecule has 0 aromatic heterocycles. The Bertz CT molecular complexity index is 353. The zero-order valence-electron chi connectivity index (χ0n) is 9.37. The average molecular weight is 207 g/mol. The first-order chi connectivity index (χ1) is 6.88. The van der Waals surface area contributed by atoms with Crippen LogP contribution in [-0.2, 0) is 0 Å². The molecule has 2 N–H and O–H groups in total. The summed E-state index contributed by atoms with van der Waals surface area (Å²) in [4.78, 5) is 10.7. The number of carbonyl (C=O) groups is 1. The summed E-state index contributed by atoms with van der Waals surface area (Å²) in [7, 11) is 0. The van der Waals surface area contributed by atoms with Crippen LogP contribution in [0.1, 0.15) is 31.1 Å². The van der Waals surface area contributed by atoms with Gasteiger partial charge in [-0.25, -0.2) is 4.79 Å². The van der Waals surface area contributed by atoms with E-state index in [2.05, 4.69) is 26.1 Å². The third kappa shape index (κ3) is 4.02. The predicted octanol–water partition coefficient (Wildman–Crippen LogP) is 2.84. The van der Waals surface area contributed by atoms with Gasteiger partial charge in [-0.3, -0.25) is 0 Å². The molecule has 3 nitrogen and oxygen atoms in total. The van der Waals surface area contributed by atoms with Gasteiger partial charge < -0.3 is 10.4 Å². The summed E-state index contributed by atoms with van der Waals surface area (Å²) >= 11 is 0. The molecule has 0 aliphatic rings. The number of hydrogen-bond donors (Lipinski definition) is 2. The molecule has 0 atom stereocenters.